The van der Waals surface area contributed by atoms with Crippen molar-refractivity contribution in [3.8, 4) is 0 Å². The molecule has 0 amide bonds. The van der Waals surface area contributed by atoms with E-state index in [9.17, 15) is 4.79 Å². The van der Waals surface area contributed by atoms with Crippen molar-refractivity contribution in [2.75, 3.05) is 43.4 Å². The van der Waals surface area contributed by atoms with Crippen molar-refractivity contribution in [3.63, 3.8) is 0 Å². The number of pyridine rings is 2. The summed E-state index contributed by atoms with van der Waals surface area (Å²) in [6.07, 6.45) is 1.81. The number of piperazine rings is 1. The molecular formula is C22H27N5O. The molecule has 1 aromatic carbocycles. The summed E-state index contributed by atoms with van der Waals surface area (Å²) in [5.74, 6) is 0.736. The molecule has 0 saturated carbocycles. The van der Waals surface area contributed by atoms with E-state index >= 15 is 0 Å². The molecule has 28 heavy (non-hydrogen) atoms. The summed E-state index contributed by atoms with van der Waals surface area (Å²) in [5.41, 5.74) is 3.14. The van der Waals surface area contributed by atoms with Crippen LogP contribution in [0.1, 0.15) is 19.9 Å². The fourth-order valence-electron chi connectivity index (χ4n) is 3.72. The second-order valence-electron chi connectivity index (χ2n) is 7.73. The van der Waals surface area contributed by atoms with E-state index in [0.717, 1.165) is 48.6 Å². The number of nitrogens with zero attached hydrogens (tertiary/aromatic N) is 4. The van der Waals surface area contributed by atoms with Gasteiger partial charge in [0.1, 0.15) is 5.82 Å². The Hall–Kier alpha value is -2.86. The molecule has 3 heterocycles. The molecule has 0 atom stereocenters. The van der Waals surface area contributed by atoms with Gasteiger partial charge in [0.25, 0.3) is 5.56 Å². The predicted octanol–water partition coefficient (Wildman–Crippen LogP) is 3.47. The molecule has 0 unspecified atom stereocenters. The molecule has 1 fully saturated rings. The first-order valence-electron chi connectivity index (χ1n) is 9.83. The summed E-state index contributed by atoms with van der Waals surface area (Å²) in [7, 11) is 2.17. The normalized spacial score (nSPS) is 15.4. The van der Waals surface area contributed by atoms with E-state index < -0.39 is 0 Å². The lowest BCUT2D eigenvalue weighted by Gasteiger charge is -2.34. The van der Waals surface area contributed by atoms with Crippen LogP contribution in [-0.2, 0) is 0 Å². The second-order valence-corrected chi connectivity index (χ2v) is 7.73. The van der Waals surface area contributed by atoms with Gasteiger partial charge in [-0.15, -0.1) is 0 Å². The largest absolute Gasteiger partial charge is 0.369 e. The minimum absolute atomic E-state index is 0.0104. The van der Waals surface area contributed by atoms with E-state index in [4.69, 9.17) is 0 Å². The molecule has 1 aliphatic heterocycles. The minimum Gasteiger partial charge on any atom is -0.369 e. The van der Waals surface area contributed by atoms with Crippen molar-refractivity contribution >= 4 is 28.1 Å². The van der Waals surface area contributed by atoms with Crippen molar-refractivity contribution in [1.82, 2.24) is 14.5 Å². The highest BCUT2D eigenvalue weighted by atomic mass is 16.1. The molecule has 0 aliphatic carbocycles. The van der Waals surface area contributed by atoms with Crippen LogP contribution >= 0.6 is 0 Å². The molecule has 0 bridgehead atoms. The monoisotopic (exact) mass is 377 g/mol. The average Bonchev–Trinajstić information content (AvgIpc) is 2.69. The van der Waals surface area contributed by atoms with Crippen LogP contribution in [0.2, 0.25) is 0 Å². The van der Waals surface area contributed by atoms with Gasteiger partial charge in [-0.2, -0.15) is 0 Å². The zero-order valence-corrected chi connectivity index (χ0v) is 16.7. The standard InChI is InChI=1S/C22H27N5O/c1-16(2)27-20-14-21(23-15-17(20)4-9-22(27)28)24-18-5-7-19(8-6-18)26-12-10-25(3)11-13-26/h4-9,14-16H,10-13H2,1-3H3,(H,23,24). The van der Waals surface area contributed by atoms with E-state index in [1.54, 1.807) is 10.6 Å². The SMILES string of the molecule is CC(C)n1c(=O)ccc2cnc(Nc3ccc(N4CCN(C)CC4)cc3)cc21. The first-order chi connectivity index (χ1) is 13.5. The summed E-state index contributed by atoms with van der Waals surface area (Å²) in [4.78, 5) is 21.5. The van der Waals surface area contributed by atoms with Crippen LogP contribution in [0.15, 0.2) is 53.5 Å². The topological polar surface area (TPSA) is 53.4 Å². The van der Waals surface area contributed by atoms with Crippen molar-refractivity contribution < 1.29 is 0 Å². The van der Waals surface area contributed by atoms with Crippen molar-refractivity contribution in [2.45, 2.75) is 19.9 Å². The van der Waals surface area contributed by atoms with Crippen LogP contribution in [0.3, 0.4) is 0 Å². The molecule has 3 aromatic rings. The van der Waals surface area contributed by atoms with E-state index in [1.165, 1.54) is 5.69 Å². The Bertz CT molecular complexity index is 1020. The third-order valence-corrected chi connectivity index (χ3v) is 5.34. The third kappa shape index (κ3) is 3.73. The number of rotatable bonds is 4. The molecule has 0 spiro atoms. The molecule has 1 saturated heterocycles. The molecule has 2 aromatic heterocycles. The maximum Gasteiger partial charge on any atom is 0.251 e. The van der Waals surface area contributed by atoms with Crippen LogP contribution in [0, 0.1) is 0 Å². The van der Waals surface area contributed by atoms with Crippen molar-refractivity contribution in [1.29, 1.82) is 0 Å². The first kappa shape index (κ1) is 18.5. The maximum absolute atomic E-state index is 12.3. The van der Waals surface area contributed by atoms with Gasteiger partial charge in [-0.25, -0.2) is 4.98 Å². The zero-order valence-electron chi connectivity index (χ0n) is 16.7. The lowest BCUT2D eigenvalue weighted by Crippen LogP contribution is -2.44. The number of fused-ring (bicyclic) bond motifs is 1. The fraction of sp³-hybridized carbons (Fsp3) is 0.364. The van der Waals surface area contributed by atoms with Crippen LogP contribution in [0.4, 0.5) is 17.2 Å². The van der Waals surface area contributed by atoms with Gasteiger partial charge in [0.05, 0.1) is 5.52 Å². The number of benzene rings is 1. The van der Waals surface area contributed by atoms with Crippen LogP contribution < -0.4 is 15.8 Å². The van der Waals surface area contributed by atoms with Crippen molar-refractivity contribution in [3.05, 3.63) is 59.0 Å². The Morgan fingerprint density at radius 1 is 1.00 bits per heavy atom. The van der Waals surface area contributed by atoms with E-state index in [-0.39, 0.29) is 11.6 Å². The summed E-state index contributed by atoms with van der Waals surface area (Å²) < 4.78 is 1.80. The molecule has 4 rings (SSSR count). The molecule has 1 N–H and O–H groups in total. The Morgan fingerprint density at radius 3 is 2.39 bits per heavy atom. The Labute approximate surface area is 165 Å². The molecule has 6 nitrogen and oxygen atoms in total. The Balaban J connectivity index is 1.56. The smallest absolute Gasteiger partial charge is 0.251 e. The number of hydrogen-bond donors (Lipinski definition) is 1. The van der Waals surface area contributed by atoms with Gasteiger partial charge >= 0.3 is 0 Å². The van der Waals surface area contributed by atoms with Gasteiger partial charge in [0, 0.05) is 67.3 Å². The highest BCUT2D eigenvalue weighted by Crippen LogP contribution is 2.23. The number of nitrogens with one attached hydrogen (secondary N) is 1. The second kappa shape index (κ2) is 7.64. The lowest BCUT2D eigenvalue weighted by molar-refractivity contribution is 0.313. The zero-order chi connectivity index (χ0) is 19.7. The average molecular weight is 377 g/mol. The lowest BCUT2D eigenvalue weighted by atomic mass is 10.2. The Morgan fingerprint density at radius 2 is 1.71 bits per heavy atom. The summed E-state index contributed by atoms with van der Waals surface area (Å²) in [5, 5.41) is 4.33. The minimum atomic E-state index is 0.0104. The first-order valence-corrected chi connectivity index (χ1v) is 9.83. The maximum atomic E-state index is 12.3. The molecule has 1 aliphatic rings. The van der Waals surface area contributed by atoms with Gasteiger partial charge in [-0.1, -0.05) is 0 Å². The molecule has 6 heteroatoms. The van der Waals surface area contributed by atoms with E-state index in [1.807, 2.05) is 32.2 Å². The van der Waals surface area contributed by atoms with Gasteiger partial charge in [-0.3, -0.25) is 4.79 Å². The number of hydrogen-bond acceptors (Lipinski definition) is 5. The van der Waals surface area contributed by atoms with Crippen LogP contribution in [0.5, 0.6) is 0 Å². The third-order valence-electron chi connectivity index (χ3n) is 5.34. The number of aromatic nitrogens is 2. The fourth-order valence-corrected chi connectivity index (χ4v) is 3.72. The van der Waals surface area contributed by atoms with Gasteiger partial charge < -0.3 is 19.7 Å². The summed E-state index contributed by atoms with van der Waals surface area (Å²) in [6.45, 7) is 8.35. The highest BCUT2D eigenvalue weighted by Gasteiger charge is 2.14. The van der Waals surface area contributed by atoms with E-state index in [0.29, 0.717) is 0 Å². The summed E-state index contributed by atoms with van der Waals surface area (Å²) >= 11 is 0. The number of anilines is 3. The predicted molar refractivity (Wildman–Crippen MR) is 116 cm³/mol. The van der Waals surface area contributed by atoms with Gasteiger partial charge in [0.15, 0.2) is 0 Å². The molecule has 146 valence electrons. The van der Waals surface area contributed by atoms with Gasteiger partial charge in [-0.05, 0) is 51.2 Å². The van der Waals surface area contributed by atoms with Gasteiger partial charge in [0.2, 0.25) is 0 Å². The van der Waals surface area contributed by atoms with Crippen LogP contribution in [-0.4, -0.2) is 47.7 Å². The Kier molecular flexibility index (Phi) is 5.05. The quantitative estimate of drug-likeness (QED) is 0.754. The highest BCUT2D eigenvalue weighted by molar-refractivity contribution is 5.81. The van der Waals surface area contributed by atoms with Crippen LogP contribution in [0.25, 0.3) is 10.9 Å². The number of likely N-dealkylation sites (N-methyl/N-ethyl adjacent to an activating group) is 1. The summed E-state index contributed by atoms with van der Waals surface area (Å²) in [6, 6.07) is 13.9. The molecular weight excluding hydrogens is 350 g/mol. The molecule has 0 radical (unpaired) electrons. The van der Waals surface area contributed by atoms with E-state index in [2.05, 4.69) is 51.4 Å². The van der Waals surface area contributed by atoms with Crippen molar-refractivity contribution in [2.24, 2.45) is 0 Å².